The molecule has 0 fully saturated rings. The van der Waals surface area contributed by atoms with E-state index in [4.69, 9.17) is 0 Å². The number of anilines is 2. The second-order valence-electron chi connectivity index (χ2n) is 5.76. The smallest absolute Gasteiger partial charge is 0.284 e. The summed E-state index contributed by atoms with van der Waals surface area (Å²) in [6.45, 7) is -0.00555. The zero-order valence-corrected chi connectivity index (χ0v) is 12.9. The molecule has 6 nitrogen and oxygen atoms in total. The van der Waals surface area contributed by atoms with Gasteiger partial charge in [-0.1, -0.05) is 41.1 Å². The van der Waals surface area contributed by atoms with E-state index in [1.807, 2.05) is 48.5 Å². The fourth-order valence-electron chi connectivity index (χ4n) is 3.13. The van der Waals surface area contributed by atoms with Crippen LogP contribution in [-0.2, 0) is 24.2 Å². The fraction of sp³-hybridized carbons (Fsp3) is 0.167. The number of amides is 1. The molecule has 1 aromatic heterocycles. The molecule has 0 radical (unpaired) electrons. The number of aromatic amines is 1. The topological polar surface area (TPSA) is 70.2 Å². The number of nitrogens with zero attached hydrogens (tertiary/aromatic N) is 2. The molecule has 3 aromatic rings. The molecule has 24 heavy (non-hydrogen) atoms. The van der Waals surface area contributed by atoms with Gasteiger partial charge in [0.25, 0.3) is 18.6 Å². The Labute approximate surface area is 137 Å². The minimum Gasteiger partial charge on any atom is -0.284 e. The van der Waals surface area contributed by atoms with Crippen LogP contribution in [0.5, 0.6) is 0 Å². The van der Waals surface area contributed by atoms with E-state index >= 15 is 0 Å². The molecule has 0 saturated heterocycles. The van der Waals surface area contributed by atoms with Crippen molar-refractivity contribution in [2.24, 2.45) is 0 Å². The number of nitrogens with one attached hydrogen (secondary N) is 1. The number of carbonyl (C=O) groups is 1. The summed E-state index contributed by atoms with van der Waals surface area (Å²) < 4.78 is 5.98. The van der Waals surface area contributed by atoms with Crippen LogP contribution in [0.2, 0.25) is 0 Å². The van der Waals surface area contributed by atoms with Gasteiger partial charge in [0.1, 0.15) is 0 Å². The summed E-state index contributed by atoms with van der Waals surface area (Å²) >= 11 is 0. The van der Waals surface area contributed by atoms with E-state index in [2.05, 4.69) is 9.79 Å². The molecule has 0 bridgehead atoms. The zero-order valence-electron chi connectivity index (χ0n) is 12.9. The summed E-state index contributed by atoms with van der Waals surface area (Å²) in [6.07, 6.45) is 2.99. The number of hydrogen-bond donors (Lipinski definition) is 1. The number of para-hydroxylation sites is 2. The highest BCUT2D eigenvalue weighted by molar-refractivity contribution is 6.01. The molecule has 0 saturated carbocycles. The molecule has 0 aliphatic carbocycles. The van der Waals surface area contributed by atoms with Crippen LogP contribution in [0.3, 0.4) is 0 Å². The van der Waals surface area contributed by atoms with Crippen molar-refractivity contribution in [3.63, 3.8) is 0 Å². The predicted octanol–water partition coefficient (Wildman–Crippen LogP) is 1.72. The van der Waals surface area contributed by atoms with Crippen molar-refractivity contribution in [1.29, 1.82) is 0 Å². The average Bonchev–Trinajstić information content (AvgIpc) is 2.91. The highest BCUT2D eigenvalue weighted by atomic mass is 16.5. The molecule has 1 amide bonds. The Hall–Kier alpha value is -3.15. The van der Waals surface area contributed by atoms with Gasteiger partial charge in [0, 0.05) is 0 Å². The quantitative estimate of drug-likeness (QED) is 0.730. The summed E-state index contributed by atoms with van der Waals surface area (Å²) in [5.74, 6) is -0.140. The Morgan fingerprint density at radius 1 is 1.04 bits per heavy atom. The Bertz CT molecular complexity index is 910. The van der Waals surface area contributed by atoms with Crippen LogP contribution in [0.15, 0.2) is 64.0 Å². The average molecular weight is 322 g/mol. The van der Waals surface area contributed by atoms with Crippen LogP contribution in [0.1, 0.15) is 11.1 Å². The molecule has 0 spiro atoms. The van der Waals surface area contributed by atoms with E-state index in [-0.39, 0.29) is 12.5 Å². The highest BCUT2D eigenvalue weighted by Crippen LogP contribution is 2.35. The molecule has 2 heterocycles. The van der Waals surface area contributed by atoms with Crippen molar-refractivity contribution in [2.45, 2.75) is 19.4 Å². The van der Waals surface area contributed by atoms with E-state index in [1.165, 1.54) is 10.9 Å². The van der Waals surface area contributed by atoms with E-state index in [0.29, 0.717) is 0 Å². The first-order chi connectivity index (χ1) is 11.7. The van der Waals surface area contributed by atoms with Crippen LogP contribution >= 0.6 is 0 Å². The Kier molecular flexibility index (Phi) is 3.49. The second kappa shape index (κ2) is 5.81. The molecule has 6 heteroatoms. The SMILES string of the molecule is O=C(C[n+]1cc(=O)o[nH]1)N1c2ccccc2CCc2ccccc21. The number of aromatic nitrogens is 2. The van der Waals surface area contributed by atoms with Gasteiger partial charge in [0.2, 0.25) is 0 Å². The van der Waals surface area contributed by atoms with Gasteiger partial charge < -0.3 is 0 Å². The standard InChI is InChI=1S/C18H15N3O3/c22-17(11-20-12-18(23)24-19-20)21-15-7-3-1-5-13(15)9-10-14-6-2-4-8-16(14)21/h1-8,12H,9-11H2/p+1. The highest BCUT2D eigenvalue weighted by Gasteiger charge is 2.28. The van der Waals surface area contributed by atoms with Gasteiger partial charge in [0.05, 0.1) is 11.4 Å². The van der Waals surface area contributed by atoms with Gasteiger partial charge in [-0.3, -0.25) is 14.2 Å². The Morgan fingerprint density at radius 2 is 1.62 bits per heavy atom. The first kappa shape index (κ1) is 14.4. The van der Waals surface area contributed by atoms with Gasteiger partial charge in [-0.2, -0.15) is 0 Å². The first-order valence-electron chi connectivity index (χ1n) is 7.79. The van der Waals surface area contributed by atoms with Gasteiger partial charge in [0.15, 0.2) is 0 Å². The van der Waals surface area contributed by atoms with E-state index in [1.54, 1.807) is 4.90 Å². The summed E-state index contributed by atoms with van der Waals surface area (Å²) in [5, 5.41) is 2.42. The van der Waals surface area contributed by atoms with Crippen LogP contribution in [-0.4, -0.2) is 11.2 Å². The fourth-order valence-corrected chi connectivity index (χ4v) is 3.13. The summed E-state index contributed by atoms with van der Waals surface area (Å²) in [4.78, 5) is 25.9. The van der Waals surface area contributed by atoms with Gasteiger partial charge in [-0.05, 0) is 41.4 Å². The van der Waals surface area contributed by atoms with Gasteiger partial charge in [-0.25, -0.2) is 4.79 Å². The molecule has 4 rings (SSSR count). The van der Waals surface area contributed by atoms with Crippen molar-refractivity contribution in [2.75, 3.05) is 4.90 Å². The minimum atomic E-state index is -0.514. The normalized spacial score (nSPS) is 13.1. The predicted molar refractivity (Wildman–Crippen MR) is 87.0 cm³/mol. The monoisotopic (exact) mass is 322 g/mol. The number of aryl methyl sites for hydroxylation is 2. The summed E-state index contributed by atoms with van der Waals surface area (Å²) in [6, 6.07) is 15.8. The largest absolute Gasteiger partial charge is 0.426 e. The Balaban J connectivity index is 1.80. The number of hydrogen-bond acceptors (Lipinski definition) is 3. The van der Waals surface area contributed by atoms with E-state index in [9.17, 15) is 9.59 Å². The number of H-pyrrole nitrogens is 1. The minimum absolute atomic E-state index is 0.00555. The summed E-state index contributed by atoms with van der Waals surface area (Å²) in [5.41, 5.74) is 3.53. The first-order valence-corrected chi connectivity index (χ1v) is 7.79. The van der Waals surface area contributed by atoms with Crippen LogP contribution in [0.4, 0.5) is 11.4 Å². The van der Waals surface area contributed by atoms with Crippen molar-refractivity contribution >= 4 is 17.3 Å². The molecule has 1 aliphatic heterocycles. The van der Waals surface area contributed by atoms with Crippen molar-refractivity contribution in [3.05, 3.63) is 76.3 Å². The molecule has 2 aromatic carbocycles. The molecule has 0 unspecified atom stereocenters. The lowest BCUT2D eigenvalue weighted by Gasteiger charge is -2.23. The molecule has 0 atom stereocenters. The maximum absolute atomic E-state index is 13.0. The van der Waals surface area contributed by atoms with Gasteiger partial charge >= 0.3 is 5.63 Å². The van der Waals surface area contributed by atoms with Gasteiger partial charge in [-0.15, -0.1) is 0 Å². The number of rotatable bonds is 2. The van der Waals surface area contributed by atoms with Crippen LogP contribution in [0, 0.1) is 0 Å². The lowest BCUT2D eigenvalue weighted by Crippen LogP contribution is -2.44. The molecular formula is C18H16N3O3+. The Morgan fingerprint density at radius 3 is 2.17 bits per heavy atom. The molecular weight excluding hydrogens is 306 g/mol. The second-order valence-corrected chi connectivity index (χ2v) is 5.76. The van der Waals surface area contributed by atoms with E-state index in [0.717, 1.165) is 35.3 Å². The maximum atomic E-state index is 13.0. The third-order valence-corrected chi connectivity index (χ3v) is 4.21. The summed E-state index contributed by atoms with van der Waals surface area (Å²) in [7, 11) is 0. The molecule has 1 N–H and O–H groups in total. The number of benzene rings is 2. The lowest BCUT2D eigenvalue weighted by molar-refractivity contribution is -0.750. The third-order valence-electron chi connectivity index (χ3n) is 4.21. The lowest BCUT2D eigenvalue weighted by atomic mass is 10.0. The van der Waals surface area contributed by atoms with Crippen molar-refractivity contribution < 1.29 is 14.0 Å². The maximum Gasteiger partial charge on any atom is 0.426 e. The molecule has 120 valence electrons. The van der Waals surface area contributed by atoms with E-state index < -0.39 is 5.63 Å². The van der Waals surface area contributed by atoms with Crippen molar-refractivity contribution in [3.8, 4) is 0 Å². The zero-order chi connectivity index (χ0) is 16.5. The number of fused-ring (bicyclic) bond motifs is 2. The number of carbonyl (C=O) groups excluding carboxylic acids is 1. The van der Waals surface area contributed by atoms with Crippen molar-refractivity contribution in [1.82, 2.24) is 5.27 Å². The van der Waals surface area contributed by atoms with Crippen LogP contribution in [0.25, 0.3) is 0 Å². The third kappa shape index (κ3) is 2.52. The molecule has 1 aliphatic rings. The van der Waals surface area contributed by atoms with Crippen LogP contribution < -0.4 is 15.2 Å².